The van der Waals surface area contributed by atoms with Gasteiger partial charge in [0, 0.05) is 39.4 Å². The number of hydrogen-bond donors (Lipinski definition) is 1. The van der Waals surface area contributed by atoms with E-state index in [1.807, 2.05) is 6.92 Å². The van der Waals surface area contributed by atoms with Gasteiger partial charge in [0.15, 0.2) is 0 Å². The van der Waals surface area contributed by atoms with E-state index in [1.165, 1.54) is 28.6 Å². The van der Waals surface area contributed by atoms with Crippen LogP contribution in [0.1, 0.15) is 13.3 Å². The van der Waals surface area contributed by atoms with Crippen LogP contribution in [0.4, 0.5) is 0 Å². The number of carbonyl (C=O) groups is 1. The quantitative estimate of drug-likeness (QED) is 0.497. The molecule has 0 saturated carbocycles. The highest BCUT2D eigenvalue weighted by Crippen LogP contribution is 2.25. The van der Waals surface area contributed by atoms with Gasteiger partial charge in [0.1, 0.15) is 6.04 Å². The number of piperazine rings is 1. The molecule has 0 unspecified atom stereocenters. The van der Waals surface area contributed by atoms with E-state index in [4.69, 9.17) is 4.74 Å². The Kier molecular flexibility index (Phi) is 8.60. The molecule has 1 amide bonds. The molecule has 11 heteroatoms. The number of benzene rings is 2. The van der Waals surface area contributed by atoms with Crippen molar-refractivity contribution >= 4 is 26.0 Å². The second-order valence-corrected chi connectivity index (χ2v) is 11.3. The van der Waals surface area contributed by atoms with E-state index >= 15 is 0 Å². The van der Waals surface area contributed by atoms with E-state index < -0.39 is 32.0 Å². The molecule has 1 N–H and O–H groups in total. The molecule has 3 rings (SSSR count). The molecule has 1 saturated heterocycles. The molecule has 1 heterocycles. The molecule has 0 bridgehead atoms. The molecule has 0 aromatic heterocycles. The maximum atomic E-state index is 13.3. The van der Waals surface area contributed by atoms with Crippen LogP contribution in [0.2, 0.25) is 0 Å². The molecule has 0 radical (unpaired) electrons. The molecule has 2 aromatic carbocycles. The van der Waals surface area contributed by atoms with Crippen LogP contribution in [0.15, 0.2) is 70.5 Å². The Hall–Kier alpha value is -2.31. The molecule has 0 aliphatic carbocycles. The van der Waals surface area contributed by atoms with Gasteiger partial charge in [-0.3, -0.25) is 4.79 Å². The second-order valence-electron chi connectivity index (χ2n) is 7.46. The van der Waals surface area contributed by atoms with Crippen LogP contribution >= 0.6 is 0 Å². The van der Waals surface area contributed by atoms with Gasteiger partial charge in [-0.05, 0) is 37.6 Å². The van der Waals surface area contributed by atoms with Gasteiger partial charge in [-0.15, -0.1) is 0 Å². The average molecular weight is 496 g/mol. The maximum Gasteiger partial charge on any atom is 0.243 e. The fourth-order valence-corrected chi connectivity index (χ4v) is 6.63. The maximum absolute atomic E-state index is 13.3. The Morgan fingerprint density at radius 1 is 0.939 bits per heavy atom. The number of ether oxygens (including phenoxy) is 1. The summed E-state index contributed by atoms with van der Waals surface area (Å²) in [7, 11) is -7.89. The minimum absolute atomic E-state index is 0.0542. The third kappa shape index (κ3) is 5.98. The van der Waals surface area contributed by atoms with Gasteiger partial charge in [0.25, 0.3) is 0 Å². The summed E-state index contributed by atoms with van der Waals surface area (Å²) in [4.78, 5) is 13.2. The Labute approximate surface area is 195 Å². The molecular formula is C22H29N3O6S2. The minimum atomic E-state index is -4.00. The molecule has 9 nitrogen and oxygen atoms in total. The molecule has 1 fully saturated rings. The second kappa shape index (κ2) is 11.2. The monoisotopic (exact) mass is 495 g/mol. The van der Waals surface area contributed by atoms with Crippen molar-refractivity contribution in [1.82, 2.24) is 13.9 Å². The van der Waals surface area contributed by atoms with Crippen molar-refractivity contribution < 1.29 is 26.4 Å². The van der Waals surface area contributed by atoms with E-state index in [9.17, 15) is 21.6 Å². The van der Waals surface area contributed by atoms with Gasteiger partial charge in [0.2, 0.25) is 26.0 Å². The van der Waals surface area contributed by atoms with Crippen molar-refractivity contribution in [1.29, 1.82) is 0 Å². The number of nitrogens with one attached hydrogen (secondary N) is 1. The normalized spacial score (nSPS) is 18.2. The van der Waals surface area contributed by atoms with Crippen molar-refractivity contribution in [2.24, 2.45) is 0 Å². The summed E-state index contributed by atoms with van der Waals surface area (Å²) in [6.07, 6.45) is 0.559. The van der Waals surface area contributed by atoms with Crippen molar-refractivity contribution in [3.8, 4) is 0 Å². The van der Waals surface area contributed by atoms with Gasteiger partial charge in [-0.25, -0.2) is 16.8 Å². The third-order valence-corrected chi connectivity index (χ3v) is 9.10. The van der Waals surface area contributed by atoms with Gasteiger partial charge in [0.05, 0.1) is 9.79 Å². The summed E-state index contributed by atoms with van der Waals surface area (Å²) in [5, 5.41) is 2.73. The Bertz CT molecular complexity index is 1130. The van der Waals surface area contributed by atoms with Crippen LogP contribution in [0, 0.1) is 0 Å². The topological polar surface area (TPSA) is 113 Å². The zero-order chi connectivity index (χ0) is 23.9. The highest BCUT2D eigenvalue weighted by atomic mass is 32.2. The van der Waals surface area contributed by atoms with Crippen molar-refractivity contribution in [2.75, 3.05) is 39.4 Å². The first kappa shape index (κ1) is 25.3. The van der Waals surface area contributed by atoms with E-state index in [-0.39, 0.29) is 29.4 Å². The smallest absolute Gasteiger partial charge is 0.243 e. The van der Waals surface area contributed by atoms with Crippen molar-refractivity contribution in [2.45, 2.75) is 29.2 Å². The minimum Gasteiger partial charge on any atom is -0.382 e. The number of sulfonamides is 2. The summed E-state index contributed by atoms with van der Waals surface area (Å²) in [5.74, 6) is -0.543. The fourth-order valence-electron chi connectivity index (χ4n) is 3.58. The van der Waals surface area contributed by atoms with Crippen LogP contribution < -0.4 is 5.32 Å². The van der Waals surface area contributed by atoms with E-state index in [0.717, 1.165) is 4.31 Å². The number of amides is 1. The van der Waals surface area contributed by atoms with Crippen molar-refractivity contribution in [3.05, 3.63) is 60.7 Å². The van der Waals surface area contributed by atoms with Crippen LogP contribution in [-0.2, 0) is 29.6 Å². The molecule has 1 aliphatic heterocycles. The lowest BCUT2D eigenvalue weighted by Gasteiger charge is -2.38. The Morgan fingerprint density at radius 2 is 1.52 bits per heavy atom. The molecular weight excluding hydrogens is 466 g/mol. The van der Waals surface area contributed by atoms with E-state index in [2.05, 4.69) is 5.32 Å². The van der Waals surface area contributed by atoms with Gasteiger partial charge < -0.3 is 10.1 Å². The highest BCUT2D eigenvalue weighted by Gasteiger charge is 2.43. The van der Waals surface area contributed by atoms with Gasteiger partial charge in [-0.1, -0.05) is 36.4 Å². The number of rotatable bonds is 10. The average Bonchev–Trinajstić information content (AvgIpc) is 2.84. The lowest BCUT2D eigenvalue weighted by Crippen LogP contribution is -2.61. The molecule has 1 aliphatic rings. The Balaban J connectivity index is 1.85. The largest absolute Gasteiger partial charge is 0.382 e. The lowest BCUT2D eigenvalue weighted by atomic mass is 10.2. The highest BCUT2D eigenvalue weighted by molar-refractivity contribution is 7.89. The van der Waals surface area contributed by atoms with Crippen LogP contribution in [0.3, 0.4) is 0 Å². The summed E-state index contributed by atoms with van der Waals surface area (Å²) in [5.41, 5.74) is 0. The Morgan fingerprint density at radius 3 is 2.09 bits per heavy atom. The van der Waals surface area contributed by atoms with Crippen LogP contribution in [0.25, 0.3) is 0 Å². The summed E-state index contributed by atoms with van der Waals surface area (Å²) in [6.45, 7) is 2.71. The van der Waals surface area contributed by atoms with Crippen molar-refractivity contribution in [3.63, 3.8) is 0 Å². The first-order chi connectivity index (χ1) is 15.8. The van der Waals surface area contributed by atoms with E-state index in [1.54, 1.807) is 36.4 Å². The zero-order valence-corrected chi connectivity index (χ0v) is 20.1. The number of carbonyl (C=O) groups excluding carboxylic acids is 1. The van der Waals surface area contributed by atoms with Crippen LogP contribution in [0.5, 0.6) is 0 Å². The first-order valence-electron chi connectivity index (χ1n) is 10.8. The van der Waals surface area contributed by atoms with Gasteiger partial charge in [-0.2, -0.15) is 8.61 Å². The molecule has 180 valence electrons. The molecule has 2 aromatic rings. The summed E-state index contributed by atoms with van der Waals surface area (Å²) in [6, 6.07) is 14.5. The zero-order valence-electron chi connectivity index (χ0n) is 18.5. The van der Waals surface area contributed by atoms with E-state index in [0.29, 0.717) is 26.2 Å². The predicted octanol–water partition coefficient (Wildman–Crippen LogP) is 1.29. The summed E-state index contributed by atoms with van der Waals surface area (Å²) < 4.78 is 60.4. The fraction of sp³-hybridized carbons (Fsp3) is 0.409. The SMILES string of the molecule is CCOCCCNC(=O)[C@@H]1CN(S(=O)(=O)c2ccccc2)CCN1S(=O)(=O)c1ccccc1. The summed E-state index contributed by atoms with van der Waals surface area (Å²) >= 11 is 0. The lowest BCUT2D eigenvalue weighted by molar-refractivity contribution is -0.125. The number of hydrogen-bond acceptors (Lipinski definition) is 6. The van der Waals surface area contributed by atoms with Crippen LogP contribution in [-0.4, -0.2) is 76.8 Å². The number of nitrogens with zero attached hydrogens (tertiary/aromatic N) is 2. The van der Waals surface area contributed by atoms with Gasteiger partial charge >= 0.3 is 0 Å². The first-order valence-corrected chi connectivity index (χ1v) is 13.6. The molecule has 0 spiro atoms. The predicted molar refractivity (Wildman–Crippen MR) is 123 cm³/mol. The standard InChI is InChI=1S/C22H29N3O6S2/c1-2-31-17-9-14-23-22(26)21-18-24(32(27,28)19-10-5-3-6-11-19)15-16-25(21)33(29,30)20-12-7-4-8-13-20/h3-8,10-13,21H,2,9,14-18H2,1H3,(H,23,26)/t21-/m0/s1. The molecule has 33 heavy (non-hydrogen) atoms. The third-order valence-electron chi connectivity index (χ3n) is 5.30. The molecule has 1 atom stereocenters.